The quantitative estimate of drug-likeness (QED) is 0.751. The highest BCUT2D eigenvalue weighted by Gasteiger charge is 2.13. The lowest BCUT2D eigenvalue weighted by molar-refractivity contribution is 0.538. The molecule has 2 N–H and O–H groups in total. The van der Waals surface area contributed by atoms with E-state index in [1.54, 1.807) is 6.07 Å². The van der Waals surface area contributed by atoms with E-state index in [9.17, 15) is 8.78 Å². The standard InChI is InChI=1S/C8H7F2N3/c9-5-3-6(10)8(13-4-5)7(12)1-2-11/h3-4,7H,1,12H2/t7-/m1/s1. The van der Waals surface area contributed by atoms with E-state index in [4.69, 9.17) is 11.0 Å². The van der Waals surface area contributed by atoms with Crippen LogP contribution in [0.3, 0.4) is 0 Å². The van der Waals surface area contributed by atoms with E-state index >= 15 is 0 Å². The molecule has 0 saturated carbocycles. The number of halogens is 2. The largest absolute Gasteiger partial charge is 0.322 e. The summed E-state index contributed by atoms with van der Waals surface area (Å²) < 4.78 is 25.3. The van der Waals surface area contributed by atoms with E-state index in [0.29, 0.717) is 6.07 Å². The molecule has 0 fully saturated rings. The predicted octanol–water partition coefficient (Wildman–Crippen LogP) is 1.27. The number of nitriles is 1. The summed E-state index contributed by atoms with van der Waals surface area (Å²) in [5.74, 6) is -1.58. The molecule has 1 rings (SSSR count). The minimum Gasteiger partial charge on any atom is -0.322 e. The van der Waals surface area contributed by atoms with Crippen molar-refractivity contribution >= 4 is 0 Å². The summed E-state index contributed by atoms with van der Waals surface area (Å²) in [5, 5.41) is 8.29. The maximum absolute atomic E-state index is 12.9. The Morgan fingerprint density at radius 3 is 2.85 bits per heavy atom. The topological polar surface area (TPSA) is 62.7 Å². The van der Waals surface area contributed by atoms with E-state index in [1.807, 2.05) is 0 Å². The maximum Gasteiger partial charge on any atom is 0.149 e. The molecule has 68 valence electrons. The highest BCUT2D eigenvalue weighted by molar-refractivity contribution is 5.13. The van der Waals surface area contributed by atoms with Crippen molar-refractivity contribution in [2.45, 2.75) is 12.5 Å². The molecular weight excluding hydrogens is 176 g/mol. The molecule has 0 aliphatic heterocycles. The third-order valence-corrected chi connectivity index (χ3v) is 1.50. The highest BCUT2D eigenvalue weighted by Crippen LogP contribution is 2.15. The van der Waals surface area contributed by atoms with Crippen LogP contribution < -0.4 is 5.73 Å². The lowest BCUT2D eigenvalue weighted by atomic mass is 10.1. The third-order valence-electron chi connectivity index (χ3n) is 1.50. The highest BCUT2D eigenvalue weighted by atomic mass is 19.1. The summed E-state index contributed by atoms with van der Waals surface area (Å²) in [6.07, 6.45) is 0.825. The van der Waals surface area contributed by atoms with Gasteiger partial charge in [-0.2, -0.15) is 5.26 Å². The van der Waals surface area contributed by atoms with Crippen molar-refractivity contribution in [1.29, 1.82) is 5.26 Å². The molecule has 0 radical (unpaired) electrons. The molecule has 0 aliphatic rings. The molecule has 1 heterocycles. The second-order valence-electron chi connectivity index (χ2n) is 2.49. The summed E-state index contributed by atoms with van der Waals surface area (Å²) in [7, 11) is 0. The molecule has 0 saturated heterocycles. The van der Waals surface area contributed by atoms with Crippen LogP contribution >= 0.6 is 0 Å². The first kappa shape index (κ1) is 9.55. The van der Waals surface area contributed by atoms with Crippen molar-refractivity contribution in [1.82, 2.24) is 4.98 Å². The van der Waals surface area contributed by atoms with Crippen LogP contribution in [0.1, 0.15) is 18.2 Å². The zero-order valence-electron chi connectivity index (χ0n) is 6.67. The summed E-state index contributed by atoms with van der Waals surface area (Å²) in [6, 6.07) is 1.68. The molecule has 0 aliphatic carbocycles. The normalized spacial score (nSPS) is 12.2. The molecule has 0 amide bonds. The number of pyridine rings is 1. The van der Waals surface area contributed by atoms with Crippen molar-refractivity contribution in [2.24, 2.45) is 5.73 Å². The van der Waals surface area contributed by atoms with Gasteiger partial charge >= 0.3 is 0 Å². The fourth-order valence-electron chi connectivity index (χ4n) is 0.893. The van der Waals surface area contributed by atoms with Crippen LogP contribution in [-0.4, -0.2) is 4.98 Å². The zero-order chi connectivity index (χ0) is 9.84. The molecule has 13 heavy (non-hydrogen) atoms. The lowest BCUT2D eigenvalue weighted by Crippen LogP contribution is -2.13. The Hall–Kier alpha value is -1.54. The Bertz CT molecular complexity index is 346. The van der Waals surface area contributed by atoms with Crippen LogP contribution in [-0.2, 0) is 0 Å². The molecule has 0 bridgehead atoms. The van der Waals surface area contributed by atoms with Gasteiger partial charge in [0.1, 0.15) is 11.6 Å². The first-order valence-electron chi connectivity index (χ1n) is 3.58. The second-order valence-corrected chi connectivity index (χ2v) is 2.49. The van der Waals surface area contributed by atoms with E-state index < -0.39 is 17.7 Å². The summed E-state index contributed by atoms with van der Waals surface area (Å²) in [5.41, 5.74) is 5.33. The van der Waals surface area contributed by atoms with Crippen LogP contribution in [0.15, 0.2) is 12.3 Å². The molecule has 1 aromatic rings. The first-order chi connectivity index (χ1) is 6.15. The lowest BCUT2D eigenvalue weighted by Gasteiger charge is -2.06. The van der Waals surface area contributed by atoms with Crippen molar-refractivity contribution in [2.75, 3.05) is 0 Å². The van der Waals surface area contributed by atoms with Crippen LogP contribution in [0.4, 0.5) is 8.78 Å². The average Bonchev–Trinajstić information content (AvgIpc) is 2.04. The Morgan fingerprint density at radius 2 is 2.31 bits per heavy atom. The first-order valence-corrected chi connectivity index (χ1v) is 3.58. The molecule has 1 atom stereocenters. The van der Waals surface area contributed by atoms with Crippen molar-refractivity contribution in [3.05, 3.63) is 29.6 Å². The van der Waals surface area contributed by atoms with Gasteiger partial charge in [0, 0.05) is 6.07 Å². The van der Waals surface area contributed by atoms with Gasteiger partial charge in [-0.15, -0.1) is 0 Å². The van der Waals surface area contributed by atoms with Gasteiger partial charge in [-0.25, -0.2) is 8.78 Å². The molecule has 0 unspecified atom stereocenters. The van der Waals surface area contributed by atoms with E-state index in [-0.39, 0.29) is 12.1 Å². The summed E-state index contributed by atoms with van der Waals surface area (Å²) >= 11 is 0. The molecule has 5 heteroatoms. The van der Waals surface area contributed by atoms with E-state index in [0.717, 1.165) is 6.20 Å². The van der Waals surface area contributed by atoms with Crippen molar-refractivity contribution < 1.29 is 8.78 Å². The fourth-order valence-corrected chi connectivity index (χ4v) is 0.893. The molecule has 1 aromatic heterocycles. The minimum atomic E-state index is -0.817. The van der Waals surface area contributed by atoms with Gasteiger partial charge in [-0.3, -0.25) is 4.98 Å². The van der Waals surface area contributed by atoms with E-state index in [2.05, 4.69) is 4.98 Å². The van der Waals surface area contributed by atoms with Gasteiger partial charge in [-0.1, -0.05) is 0 Å². The van der Waals surface area contributed by atoms with Crippen LogP contribution in [0.5, 0.6) is 0 Å². The SMILES string of the molecule is N#CC[C@@H](N)c1ncc(F)cc1F. The van der Waals surface area contributed by atoms with Crippen LogP contribution in [0.25, 0.3) is 0 Å². The number of nitrogens with zero attached hydrogens (tertiary/aromatic N) is 2. The molecule has 3 nitrogen and oxygen atoms in total. The Balaban J connectivity index is 2.96. The number of hydrogen-bond donors (Lipinski definition) is 1. The van der Waals surface area contributed by atoms with Gasteiger partial charge in [-0.05, 0) is 0 Å². The van der Waals surface area contributed by atoms with Gasteiger partial charge < -0.3 is 5.73 Å². The Kier molecular flexibility index (Phi) is 2.88. The van der Waals surface area contributed by atoms with Crippen LogP contribution in [0, 0.1) is 23.0 Å². The van der Waals surface area contributed by atoms with Gasteiger partial charge in [0.25, 0.3) is 0 Å². The zero-order valence-corrected chi connectivity index (χ0v) is 6.67. The minimum absolute atomic E-state index is 0.0461. The fraction of sp³-hybridized carbons (Fsp3) is 0.250. The van der Waals surface area contributed by atoms with E-state index in [1.165, 1.54) is 0 Å². The molecule has 0 spiro atoms. The predicted molar refractivity (Wildman–Crippen MR) is 41.3 cm³/mol. The summed E-state index contributed by atoms with van der Waals surface area (Å²) in [6.45, 7) is 0. The third kappa shape index (κ3) is 2.20. The van der Waals surface area contributed by atoms with Crippen molar-refractivity contribution in [3.63, 3.8) is 0 Å². The number of hydrogen-bond acceptors (Lipinski definition) is 3. The molecular formula is C8H7F2N3. The van der Waals surface area contributed by atoms with Gasteiger partial charge in [0.05, 0.1) is 30.4 Å². The number of rotatable bonds is 2. The average molecular weight is 183 g/mol. The maximum atomic E-state index is 12.9. The smallest absolute Gasteiger partial charge is 0.149 e. The summed E-state index contributed by atoms with van der Waals surface area (Å²) in [4.78, 5) is 3.47. The molecule has 0 aromatic carbocycles. The van der Waals surface area contributed by atoms with Gasteiger partial charge in [0.15, 0.2) is 0 Å². The van der Waals surface area contributed by atoms with Crippen molar-refractivity contribution in [3.8, 4) is 6.07 Å². The second kappa shape index (κ2) is 3.92. The van der Waals surface area contributed by atoms with Gasteiger partial charge in [0.2, 0.25) is 0 Å². The Morgan fingerprint density at radius 1 is 1.62 bits per heavy atom. The number of nitrogens with two attached hydrogens (primary N) is 1. The van der Waals surface area contributed by atoms with Crippen LogP contribution in [0.2, 0.25) is 0 Å². The number of aromatic nitrogens is 1. The monoisotopic (exact) mass is 183 g/mol. The Labute approximate surface area is 73.8 Å².